The summed E-state index contributed by atoms with van der Waals surface area (Å²) in [5, 5.41) is 9.28. The molecule has 0 aromatic rings. The van der Waals surface area contributed by atoms with Crippen LogP contribution in [0.2, 0.25) is 0 Å². The Balaban J connectivity index is 2.08. The van der Waals surface area contributed by atoms with Crippen molar-refractivity contribution in [2.75, 3.05) is 27.2 Å². The van der Waals surface area contributed by atoms with E-state index >= 15 is 0 Å². The van der Waals surface area contributed by atoms with Gasteiger partial charge >= 0.3 is 5.97 Å². The smallest absolute Gasteiger partial charge is 0.307 e. The van der Waals surface area contributed by atoms with Gasteiger partial charge in [-0.2, -0.15) is 0 Å². The van der Waals surface area contributed by atoms with Crippen molar-refractivity contribution >= 4 is 11.9 Å². The zero-order valence-corrected chi connectivity index (χ0v) is 12.5. The summed E-state index contributed by atoms with van der Waals surface area (Å²) in [5.74, 6) is -1.38. The van der Waals surface area contributed by atoms with Crippen molar-refractivity contribution in [2.24, 2.45) is 17.8 Å². The zero-order valence-electron chi connectivity index (χ0n) is 12.5. The molecule has 1 aliphatic carbocycles. The Hall–Kier alpha value is -1.36. The standard InChI is InChI=1S/C15H24N2O3/c1-10-8-17(9-13(10)16(2)3)14(18)11-6-4-5-7-12(11)15(19)20/h4-5,10-13H,6-9H2,1-3H3,(H,19,20)/t10?,11-,12+,13?/m1/s1. The quantitative estimate of drug-likeness (QED) is 0.785. The van der Waals surface area contributed by atoms with Gasteiger partial charge < -0.3 is 14.9 Å². The average molecular weight is 280 g/mol. The molecule has 0 aromatic carbocycles. The number of hydrogen-bond acceptors (Lipinski definition) is 3. The van der Waals surface area contributed by atoms with E-state index in [1.165, 1.54) is 0 Å². The molecule has 1 N–H and O–H groups in total. The molecule has 1 heterocycles. The molecule has 1 fully saturated rings. The second-order valence-electron chi connectivity index (χ2n) is 6.25. The van der Waals surface area contributed by atoms with Gasteiger partial charge in [-0.3, -0.25) is 9.59 Å². The highest BCUT2D eigenvalue weighted by Gasteiger charge is 2.40. The summed E-state index contributed by atoms with van der Waals surface area (Å²) in [6, 6.07) is 0.362. The number of carbonyl (C=O) groups is 2. The number of carboxylic acid groups (broad SMARTS) is 1. The fourth-order valence-corrected chi connectivity index (χ4v) is 3.40. The molecule has 5 heteroatoms. The zero-order chi connectivity index (χ0) is 14.9. The molecular weight excluding hydrogens is 256 g/mol. The molecule has 1 saturated heterocycles. The van der Waals surface area contributed by atoms with Crippen LogP contribution in [0.25, 0.3) is 0 Å². The third kappa shape index (κ3) is 2.87. The van der Waals surface area contributed by atoms with Crippen molar-refractivity contribution in [3.8, 4) is 0 Å². The predicted molar refractivity (Wildman–Crippen MR) is 76.2 cm³/mol. The fourth-order valence-electron chi connectivity index (χ4n) is 3.40. The summed E-state index contributed by atoms with van der Waals surface area (Å²) < 4.78 is 0. The third-order valence-corrected chi connectivity index (χ3v) is 4.61. The van der Waals surface area contributed by atoms with Crippen molar-refractivity contribution in [3.63, 3.8) is 0 Å². The molecule has 20 heavy (non-hydrogen) atoms. The van der Waals surface area contributed by atoms with Crippen LogP contribution in [0.15, 0.2) is 12.2 Å². The van der Waals surface area contributed by atoms with E-state index in [1.54, 1.807) is 0 Å². The number of amides is 1. The number of nitrogens with zero attached hydrogens (tertiary/aromatic N) is 2. The molecule has 0 aromatic heterocycles. The van der Waals surface area contributed by atoms with Crippen molar-refractivity contribution < 1.29 is 14.7 Å². The molecule has 2 unspecified atom stereocenters. The molecule has 2 aliphatic rings. The topological polar surface area (TPSA) is 60.9 Å². The van der Waals surface area contributed by atoms with Crippen LogP contribution >= 0.6 is 0 Å². The number of hydrogen-bond donors (Lipinski definition) is 1. The lowest BCUT2D eigenvalue weighted by Crippen LogP contribution is -2.42. The van der Waals surface area contributed by atoms with Gasteiger partial charge in [0.25, 0.3) is 0 Å². The molecule has 1 aliphatic heterocycles. The molecule has 0 bridgehead atoms. The maximum Gasteiger partial charge on any atom is 0.307 e. The molecule has 0 spiro atoms. The fraction of sp³-hybridized carbons (Fsp3) is 0.733. The molecule has 1 amide bonds. The monoisotopic (exact) mass is 280 g/mol. The van der Waals surface area contributed by atoms with Crippen molar-refractivity contribution in [2.45, 2.75) is 25.8 Å². The Morgan fingerprint density at radius 3 is 2.25 bits per heavy atom. The summed E-state index contributed by atoms with van der Waals surface area (Å²) in [7, 11) is 4.05. The Morgan fingerprint density at radius 1 is 1.15 bits per heavy atom. The molecule has 0 radical (unpaired) electrons. The lowest BCUT2D eigenvalue weighted by molar-refractivity contribution is -0.150. The largest absolute Gasteiger partial charge is 0.481 e. The van der Waals surface area contributed by atoms with Crippen LogP contribution in [0.1, 0.15) is 19.8 Å². The number of likely N-dealkylation sites (N-methyl/N-ethyl adjacent to an activating group) is 1. The van der Waals surface area contributed by atoms with Crippen LogP contribution in [0, 0.1) is 17.8 Å². The molecule has 112 valence electrons. The number of rotatable bonds is 3. The van der Waals surface area contributed by atoms with Crippen LogP contribution in [-0.4, -0.2) is 60.0 Å². The SMILES string of the molecule is CC1CN(C(=O)[C@@H]2CC=CC[C@@H]2C(=O)O)CC1N(C)C. The van der Waals surface area contributed by atoms with Crippen LogP contribution in [-0.2, 0) is 9.59 Å². The van der Waals surface area contributed by atoms with Crippen LogP contribution in [0.5, 0.6) is 0 Å². The Kier molecular flexibility index (Phi) is 4.48. The van der Waals surface area contributed by atoms with E-state index in [0.717, 1.165) is 6.54 Å². The van der Waals surface area contributed by atoms with Gasteiger partial charge in [-0.25, -0.2) is 0 Å². The van der Waals surface area contributed by atoms with Gasteiger partial charge in [-0.05, 0) is 32.9 Å². The lowest BCUT2D eigenvalue weighted by Gasteiger charge is -2.29. The minimum absolute atomic E-state index is 0.0120. The molecular formula is C15H24N2O3. The first-order valence-corrected chi connectivity index (χ1v) is 7.24. The highest BCUT2D eigenvalue weighted by atomic mass is 16.4. The molecule has 5 nitrogen and oxygen atoms in total. The first kappa shape index (κ1) is 15.0. The summed E-state index contributed by atoms with van der Waals surface area (Å²) in [6.07, 6.45) is 4.82. The van der Waals surface area contributed by atoms with Crippen LogP contribution in [0.3, 0.4) is 0 Å². The number of carboxylic acids is 1. The van der Waals surface area contributed by atoms with Gasteiger partial charge in [-0.15, -0.1) is 0 Å². The van der Waals surface area contributed by atoms with E-state index in [0.29, 0.717) is 31.3 Å². The Morgan fingerprint density at radius 2 is 1.75 bits per heavy atom. The van der Waals surface area contributed by atoms with Gasteiger partial charge in [0.05, 0.1) is 11.8 Å². The highest BCUT2D eigenvalue weighted by molar-refractivity contribution is 5.85. The number of aliphatic carboxylic acids is 1. The van der Waals surface area contributed by atoms with Crippen molar-refractivity contribution in [3.05, 3.63) is 12.2 Å². The van der Waals surface area contributed by atoms with E-state index in [-0.39, 0.29) is 5.91 Å². The van der Waals surface area contributed by atoms with Crippen LogP contribution < -0.4 is 0 Å². The number of carbonyl (C=O) groups excluding carboxylic acids is 1. The van der Waals surface area contributed by atoms with Crippen molar-refractivity contribution in [1.82, 2.24) is 9.80 Å². The second-order valence-corrected chi connectivity index (χ2v) is 6.25. The van der Waals surface area contributed by atoms with Gasteiger partial charge in [0.15, 0.2) is 0 Å². The Labute approximate surface area is 120 Å². The third-order valence-electron chi connectivity index (χ3n) is 4.61. The summed E-state index contributed by atoms with van der Waals surface area (Å²) in [5.41, 5.74) is 0. The second kappa shape index (κ2) is 5.95. The van der Waals surface area contributed by atoms with Gasteiger partial charge in [0, 0.05) is 19.1 Å². The number of likely N-dealkylation sites (tertiary alicyclic amines) is 1. The van der Waals surface area contributed by atoms with Gasteiger partial charge in [0.2, 0.25) is 5.91 Å². The maximum absolute atomic E-state index is 12.6. The lowest BCUT2D eigenvalue weighted by atomic mass is 9.82. The molecule has 4 atom stereocenters. The average Bonchev–Trinajstić information content (AvgIpc) is 2.80. The van der Waals surface area contributed by atoms with E-state index in [1.807, 2.05) is 31.1 Å². The van der Waals surface area contributed by atoms with Crippen molar-refractivity contribution in [1.29, 1.82) is 0 Å². The van der Waals surface area contributed by atoms with Gasteiger partial charge in [0.1, 0.15) is 0 Å². The first-order valence-electron chi connectivity index (χ1n) is 7.24. The highest BCUT2D eigenvalue weighted by Crippen LogP contribution is 2.30. The van der Waals surface area contributed by atoms with Gasteiger partial charge in [-0.1, -0.05) is 19.1 Å². The molecule has 2 rings (SSSR count). The minimum atomic E-state index is -0.857. The predicted octanol–water partition coefficient (Wildman–Crippen LogP) is 1.06. The van der Waals surface area contributed by atoms with Crippen LogP contribution in [0.4, 0.5) is 0 Å². The minimum Gasteiger partial charge on any atom is -0.481 e. The molecule has 0 saturated carbocycles. The summed E-state index contributed by atoms with van der Waals surface area (Å²) in [6.45, 7) is 3.58. The normalized spacial score (nSPS) is 33.7. The Bertz CT molecular complexity index is 419. The van der Waals surface area contributed by atoms with E-state index in [4.69, 9.17) is 0 Å². The number of allylic oxidation sites excluding steroid dienone is 2. The van der Waals surface area contributed by atoms with E-state index < -0.39 is 17.8 Å². The van der Waals surface area contributed by atoms with E-state index in [9.17, 15) is 14.7 Å². The van der Waals surface area contributed by atoms with E-state index in [2.05, 4.69) is 11.8 Å². The first-order chi connectivity index (χ1) is 9.41. The summed E-state index contributed by atoms with van der Waals surface area (Å²) >= 11 is 0. The maximum atomic E-state index is 12.6. The summed E-state index contributed by atoms with van der Waals surface area (Å²) in [4.78, 5) is 27.9.